The summed E-state index contributed by atoms with van der Waals surface area (Å²) in [5.41, 5.74) is 4.96. The van der Waals surface area contributed by atoms with Crippen LogP contribution >= 0.6 is 0 Å². The van der Waals surface area contributed by atoms with Gasteiger partial charge in [-0.2, -0.15) is 0 Å². The largest absolute Gasteiger partial charge is 0.513 e. The van der Waals surface area contributed by atoms with Crippen LogP contribution in [-0.2, 0) is 9.47 Å². The molecule has 0 fully saturated rings. The second-order valence-electron chi connectivity index (χ2n) is 7.01. The third-order valence-electron chi connectivity index (χ3n) is 4.80. The summed E-state index contributed by atoms with van der Waals surface area (Å²) >= 11 is 0. The van der Waals surface area contributed by atoms with E-state index in [0.29, 0.717) is 11.5 Å². The van der Waals surface area contributed by atoms with Gasteiger partial charge < -0.3 is 18.9 Å². The second-order valence-corrected chi connectivity index (χ2v) is 7.01. The number of benzene rings is 3. The summed E-state index contributed by atoms with van der Waals surface area (Å²) in [4.78, 5) is 22.6. The average Bonchev–Trinajstić information content (AvgIpc) is 3.39. The van der Waals surface area contributed by atoms with Gasteiger partial charge in [0.1, 0.15) is 11.5 Å². The SMILES string of the molecule is CCOC(=O)Oc1ccc(C(C)c2ccc(OC(=O)OCC)cc2)cc1.c1cc2cc-2c1. The van der Waals surface area contributed by atoms with Gasteiger partial charge in [-0.3, -0.25) is 0 Å². The molecule has 0 N–H and O–H groups in total. The summed E-state index contributed by atoms with van der Waals surface area (Å²) in [6.45, 7) is 6.03. The Morgan fingerprint density at radius 2 is 1.09 bits per heavy atom. The van der Waals surface area contributed by atoms with Crippen molar-refractivity contribution in [2.45, 2.75) is 26.7 Å². The van der Waals surface area contributed by atoms with E-state index >= 15 is 0 Å². The first-order valence-electron chi connectivity index (χ1n) is 10.5. The van der Waals surface area contributed by atoms with Gasteiger partial charge in [0.2, 0.25) is 0 Å². The molecular weight excluding hydrogens is 408 g/mol. The molecule has 0 radical (unpaired) electrons. The quantitative estimate of drug-likeness (QED) is 0.252. The minimum absolute atomic E-state index is 0.114. The lowest BCUT2D eigenvalue weighted by molar-refractivity contribution is 0.103. The molecule has 0 unspecified atom stereocenters. The minimum atomic E-state index is -0.717. The van der Waals surface area contributed by atoms with E-state index in [1.807, 2.05) is 24.3 Å². The topological polar surface area (TPSA) is 71.1 Å². The summed E-state index contributed by atoms with van der Waals surface area (Å²) < 4.78 is 19.6. The molecular formula is C26H26O6. The first-order valence-corrected chi connectivity index (χ1v) is 10.5. The molecule has 2 aliphatic carbocycles. The van der Waals surface area contributed by atoms with Crippen molar-refractivity contribution in [3.05, 3.63) is 83.9 Å². The Labute approximate surface area is 187 Å². The maximum absolute atomic E-state index is 11.3. The minimum Gasteiger partial charge on any atom is -0.434 e. The highest BCUT2D eigenvalue weighted by atomic mass is 16.7. The summed E-state index contributed by atoms with van der Waals surface area (Å²) in [5, 5.41) is 0. The molecule has 0 bridgehead atoms. The van der Waals surface area contributed by atoms with Crippen molar-refractivity contribution in [3.8, 4) is 22.6 Å². The van der Waals surface area contributed by atoms with Gasteiger partial charge in [-0.05, 0) is 66.4 Å². The Hall–Kier alpha value is -3.80. The Morgan fingerprint density at radius 3 is 1.38 bits per heavy atom. The molecule has 0 atom stereocenters. The lowest BCUT2D eigenvalue weighted by Gasteiger charge is -2.14. The van der Waals surface area contributed by atoms with Gasteiger partial charge in [0, 0.05) is 5.92 Å². The zero-order chi connectivity index (χ0) is 22.9. The van der Waals surface area contributed by atoms with E-state index < -0.39 is 12.3 Å². The molecule has 2 aromatic rings. The number of carbonyl (C=O) groups is 2. The molecule has 0 aromatic heterocycles. The maximum atomic E-state index is 11.3. The molecule has 0 spiro atoms. The van der Waals surface area contributed by atoms with E-state index in [9.17, 15) is 9.59 Å². The Bertz CT molecular complexity index is 960. The molecule has 0 amide bonds. The maximum Gasteiger partial charge on any atom is 0.513 e. The van der Waals surface area contributed by atoms with Crippen molar-refractivity contribution in [2.75, 3.05) is 13.2 Å². The molecule has 0 saturated carbocycles. The van der Waals surface area contributed by atoms with Crippen LogP contribution < -0.4 is 9.47 Å². The standard InChI is InChI=1S/C20H22O6.C6H4/c1-4-23-19(21)25-17-10-6-15(7-11-17)14(3)16-8-12-18(13-9-16)26-20(22)24-5-2;1-2-5-4-6(5)3-1/h6-14H,4-5H2,1-3H3;1-4H. The number of fused-ring (bicyclic) bond motifs is 1. The van der Waals surface area contributed by atoms with Crippen molar-refractivity contribution in [3.63, 3.8) is 0 Å². The fourth-order valence-corrected chi connectivity index (χ4v) is 3.00. The second kappa shape index (κ2) is 11.0. The number of carbonyl (C=O) groups excluding carboxylic acids is 2. The monoisotopic (exact) mass is 434 g/mol. The highest BCUT2D eigenvalue weighted by Gasteiger charge is 2.11. The number of ether oxygens (including phenoxy) is 4. The molecule has 2 aliphatic rings. The highest BCUT2D eigenvalue weighted by molar-refractivity contribution is 5.80. The molecule has 6 nitrogen and oxygen atoms in total. The van der Waals surface area contributed by atoms with Crippen LogP contribution in [0.3, 0.4) is 0 Å². The molecule has 2 aromatic carbocycles. The predicted molar refractivity (Wildman–Crippen MR) is 121 cm³/mol. The third-order valence-corrected chi connectivity index (χ3v) is 4.80. The van der Waals surface area contributed by atoms with E-state index in [2.05, 4.69) is 31.2 Å². The fraction of sp³-hybridized carbons (Fsp3) is 0.231. The lowest BCUT2D eigenvalue weighted by Crippen LogP contribution is -2.10. The van der Waals surface area contributed by atoms with Crippen molar-refractivity contribution in [1.29, 1.82) is 0 Å². The summed E-state index contributed by atoms with van der Waals surface area (Å²) in [6.07, 6.45) is -1.43. The molecule has 166 valence electrons. The zero-order valence-electron chi connectivity index (χ0n) is 18.4. The van der Waals surface area contributed by atoms with Crippen LogP contribution in [0.25, 0.3) is 11.1 Å². The predicted octanol–water partition coefficient (Wildman–Crippen LogP) is 6.58. The van der Waals surface area contributed by atoms with Crippen LogP contribution in [0.1, 0.15) is 37.8 Å². The number of rotatable bonds is 6. The van der Waals surface area contributed by atoms with Gasteiger partial charge in [-0.1, -0.05) is 49.4 Å². The van der Waals surface area contributed by atoms with Gasteiger partial charge >= 0.3 is 12.3 Å². The highest BCUT2D eigenvalue weighted by Crippen LogP contribution is 2.32. The van der Waals surface area contributed by atoms with E-state index in [0.717, 1.165) is 11.1 Å². The zero-order valence-corrected chi connectivity index (χ0v) is 18.4. The van der Waals surface area contributed by atoms with Gasteiger partial charge in [0.25, 0.3) is 0 Å². The van der Waals surface area contributed by atoms with Crippen molar-refractivity contribution >= 4 is 12.3 Å². The van der Waals surface area contributed by atoms with Crippen LogP contribution in [0.2, 0.25) is 0 Å². The lowest BCUT2D eigenvalue weighted by atomic mass is 9.93. The molecule has 0 heterocycles. The Kier molecular flexibility index (Phi) is 7.86. The molecule has 32 heavy (non-hydrogen) atoms. The van der Waals surface area contributed by atoms with Gasteiger partial charge in [-0.25, -0.2) is 9.59 Å². The van der Waals surface area contributed by atoms with Crippen LogP contribution in [-0.4, -0.2) is 25.5 Å². The Balaban J connectivity index is 0.000000405. The van der Waals surface area contributed by atoms with Crippen molar-refractivity contribution in [1.82, 2.24) is 0 Å². The summed E-state index contributed by atoms with van der Waals surface area (Å²) in [5.74, 6) is 0.971. The summed E-state index contributed by atoms with van der Waals surface area (Å²) in [6, 6.07) is 22.9. The van der Waals surface area contributed by atoms with E-state index in [1.165, 1.54) is 11.1 Å². The van der Waals surface area contributed by atoms with Gasteiger partial charge in [0.15, 0.2) is 0 Å². The van der Waals surface area contributed by atoms with Crippen LogP contribution in [0.15, 0.2) is 72.8 Å². The van der Waals surface area contributed by atoms with Crippen LogP contribution in [0, 0.1) is 0 Å². The van der Waals surface area contributed by atoms with E-state index in [1.54, 1.807) is 38.1 Å². The first-order chi connectivity index (χ1) is 15.5. The summed E-state index contributed by atoms with van der Waals surface area (Å²) in [7, 11) is 0. The number of hydrogen-bond acceptors (Lipinski definition) is 6. The third kappa shape index (κ3) is 6.60. The molecule has 6 heteroatoms. The molecule has 0 saturated heterocycles. The van der Waals surface area contributed by atoms with Crippen LogP contribution in [0.5, 0.6) is 11.5 Å². The van der Waals surface area contributed by atoms with Crippen LogP contribution in [0.4, 0.5) is 9.59 Å². The smallest absolute Gasteiger partial charge is 0.434 e. The number of hydrogen-bond donors (Lipinski definition) is 0. The Morgan fingerprint density at radius 1 is 0.688 bits per heavy atom. The normalized spacial score (nSPS) is 10.5. The fourth-order valence-electron chi connectivity index (χ4n) is 3.00. The molecule has 4 rings (SSSR count). The van der Waals surface area contributed by atoms with Gasteiger partial charge in [-0.15, -0.1) is 0 Å². The van der Waals surface area contributed by atoms with Gasteiger partial charge in [0.05, 0.1) is 13.2 Å². The van der Waals surface area contributed by atoms with Crippen molar-refractivity contribution in [2.24, 2.45) is 0 Å². The molecule has 0 aliphatic heterocycles. The van der Waals surface area contributed by atoms with Crippen molar-refractivity contribution < 1.29 is 28.5 Å². The van der Waals surface area contributed by atoms with E-state index in [-0.39, 0.29) is 19.1 Å². The van der Waals surface area contributed by atoms with E-state index in [4.69, 9.17) is 18.9 Å². The average molecular weight is 434 g/mol. The first kappa shape index (κ1) is 22.9.